The van der Waals surface area contributed by atoms with Gasteiger partial charge in [0.1, 0.15) is 7.05 Å². The maximum absolute atomic E-state index is 4.05. The lowest BCUT2D eigenvalue weighted by Gasteiger charge is -2.04. The van der Waals surface area contributed by atoms with Crippen molar-refractivity contribution >= 4 is 10.9 Å². The first-order chi connectivity index (χ1) is 8.75. The Bertz CT molecular complexity index is 703. The first kappa shape index (κ1) is 10.9. The van der Waals surface area contributed by atoms with Gasteiger partial charge in [0, 0.05) is 36.8 Å². The summed E-state index contributed by atoms with van der Waals surface area (Å²) in [6.07, 6.45) is 3.66. The van der Waals surface area contributed by atoms with Crippen LogP contribution in [0.3, 0.4) is 0 Å². The third-order valence-corrected chi connectivity index (χ3v) is 3.44. The van der Waals surface area contributed by atoms with Crippen LogP contribution in [-0.4, -0.2) is 4.98 Å². The molecule has 3 aromatic rings. The first-order valence-electron chi connectivity index (χ1n) is 6.05. The molecule has 0 amide bonds. The molecule has 0 saturated heterocycles. The lowest BCUT2D eigenvalue weighted by molar-refractivity contribution is -0.651. The van der Waals surface area contributed by atoms with Gasteiger partial charge in [-0.3, -0.25) is 4.98 Å². The van der Waals surface area contributed by atoms with Gasteiger partial charge in [0.25, 0.3) is 0 Å². The van der Waals surface area contributed by atoms with Crippen LogP contribution in [0, 0.1) is 6.92 Å². The molecule has 2 nitrogen and oxygen atoms in total. The van der Waals surface area contributed by atoms with E-state index in [4.69, 9.17) is 0 Å². The minimum atomic E-state index is 1.20. The van der Waals surface area contributed by atoms with E-state index in [1.165, 1.54) is 27.7 Å². The molecule has 0 bridgehead atoms. The molecule has 0 saturated carbocycles. The first-order valence-corrected chi connectivity index (χ1v) is 6.05. The van der Waals surface area contributed by atoms with Crippen LogP contribution >= 0.6 is 0 Å². The quantitative estimate of drug-likeness (QED) is 0.592. The summed E-state index contributed by atoms with van der Waals surface area (Å²) >= 11 is 0. The normalized spacial score (nSPS) is 10.8. The van der Waals surface area contributed by atoms with E-state index < -0.39 is 0 Å². The average Bonchev–Trinajstić information content (AvgIpc) is 2.44. The summed E-state index contributed by atoms with van der Waals surface area (Å²) < 4.78 is 2.21. The molecule has 18 heavy (non-hydrogen) atoms. The van der Waals surface area contributed by atoms with Crippen LogP contribution in [0.2, 0.25) is 0 Å². The standard InChI is InChI=1S/C16H15N2/c1-12-3-4-15-11-14(5-6-16(15)18(12)2)13-7-9-17-10-8-13/h3-11H,1-2H3/q+1. The third kappa shape index (κ3) is 1.76. The van der Waals surface area contributed by atoms with E-state index in [1.807, 2.05) is 24.5 Å². The molecule has 2 heteroatoms. The van der Waals surface area contributed by atoms with Crippen molar-refractivity contribution in [3.63, 3.8) is 0 Å². The second-order valence-electron chi connectivity index (χ2n) is 4.54. The lowest BCUT2D eigenvalue weighted by Crippen LogP contribution is -2.32. The molecule has 1 aromatic carbocycles. The number of hydrogen-bond donors (Lipinski definition) is 0. The molecule has 0 N–H and O–H groups in total. The van der Waals surface area contributed by atoms with E-state index in [-0.39, 0.29) is 0 Å². The van der Waals surface area contributed by atoms with Crippen molar-refractivity contribution in [3.8, 4) is 11.1 Å². The van der Waals surface area contributed by atoms with E-state index in [1.54, 1.807) is 0 Å². The van der Waals surface area contributed by atoms with Crippen molar-refractivity contribution in [2.75, 3.05) is 0 Å². The Morgan fingerprint density at radius 2 is 1.67 bits per heavy atom. The van der Waals surface area contributed by atoms with Crippen molar-refractivity contribution < 1.29 is 4.57 Å². The molecule has 3 rings (SSSR count). The molecule has 88 valence electrons. The zero-order valence-electron chi connectivity index (χ0n) is 10.6. The number of nitrogens with zero attached hydrogens (tertiary/aromatic N) is 2. The van der Waals surface area contributed by atoms with Gasteiger partial charge in [0.05, 0.1) is 0 Å². The highest BCUT2D eigenvalue weighted by Gasteiger charge is 2.08. The molecule has 2 heterocycles. The van der Waals surface area contributed by atoms with E-state index in [2.05, 4.69) is 53.9 Å². The fourth-order valence-corrected chi connectivity index (χ4v) is 2.23. The zero-order valence-corrected chi connectivity index (χ0v) is 10.6. The number of aromatic nitrogens is 2. The van der Waals surface area contributed by atoms with Crippen LogP contribution < -0.4 is 4.57 Å². The van der Waals surface area contributed by atoms with E-state index >= 15 is 0 Å². The highest BCUT2D eigenvalue weighted by atomic mass is 14.9. The van der Waals surface area contributed by atoms with E-state index in [9.17, 15) is 0 Å². The van der Waals surface area contributed by atoms with Crippen molar-refractivity contribution in [1.29, 1.82) is 0 Å². The van der Waals surface area contributed by atoms with Gasteiger partial charge in [0.15, 0.2) is 5.69 Å². The number of hydrogen-bond acceptors (Lipinski definition) is 1. The van der Waals surface area contributed by atoms with Gasteiger partial charge >= 0.3 is 0 Å². The Balaban J connectivity index is 2.21. The fraction of sp³-hybridized carbons (Fsp3) is 0.125. The van der Waals surface area contributed by atoms with Gasteiger partial charge in [-0.2, -0.15) is 4.57 Å². The van der Waals surface area contributed by atoms with E-state index in [0.29, 0.717) is 0 Å². The highest BCUT2D eigenvalue weighted by molar-refractivity contribution is 5.82. The molecule has 0 fully saturated rings. The maximum Gasteiger partial charge on any atom is 0.212 e. The zero-order chi connectivity index (χ0) is 12.5. The van der Waals surface area contributed by atoms with Crippen LogP contribution in [0.5, 0.6) is 0 Å². The predicted octanol–water partition coefficient (Wildman–Crippen LogP) is 3.03. The number of aryl methyl sites for hydroxylation is 2. The van der Waals surface area contributed by atoms with Gasteiger partial charge in [-0.1, -0.05) is 0 Å². The summed E-state index contributed by atoms with van der Waals surface area (Å²) in [5.41, 5.74) is 4.95. The van der Waals surface area contributed by atoms with Crippen molar-refractivity contribution in [3.05, 3.63) is 60.6 Å². The van der Waals surface area contributed by atoms with E-state index in [0.717, 1.165) is 0 Å². The second kappa shape index (κ2) is 4.22. The predicted molar refractivity (Wildman–Crippen MR) is 73.1 cm³/mol. The summed E-state index contributed by atoms with van der Waals surface area (Å²) in [6, 6.07) is 15.0. The molecule has 0 radical (unpaired) electrons. The SMILES string of the molecule is Cc1ccc2cc(-c3ccncc3)ccc2[n+]1C. The fourth-order valence-electron chi connectivity index (χ4n) is 2.23. The third-order valence-electron chi connectivity index (χ3n) is 3.44. The Morgan fingerprint density at radius 1 is 0.889 bits per heavy atom. The minimum Gasteiger partial charge on any atom is -0.265 e. The Kier molecular flexibility index (Phi) is 2.56. The van der Waals surface area contributed by atoms with Gasteiger partial charge in [-0.05, 0) is 41.5 Å². The average molecular weight is 235 g/mol. The Morgan fingerprint density at radius 3 is 2.44 bits per heavy atom. The number of fused-ring (bicyclic) bond motifs is 1. The molecular formula is C16H15N2+. The molecule has 0 unspecified atom stereocenters. The summed E-state index contributed by atoms with van der Waals surface area (Å²) in [4.78, 5) is 4.05. The van der Waals surface area contributed by atoms with Crippen LogP contribution in [0.1, 0.15) is 5.69 Å². The Labute approximate surface area is 107 Å². The lowest BCUT2D eigenvalue weighted by atomic mass is 10.0. The largest absolute Gasteiger partial charge is 0.265 e. The molecule has 0 aliphatic rings. The summed E-state index contributed by atoms with van der Waals surface area (Å²) in [6.45, 7) is 2.12. The Hall–Kier alpha value is -2.22. The van der Waals surface area contributed by atoms with Crippen molar-refractivity contribution in [2.24, 2.45) is 7.05 Å². The summed E-state index contributed by atoms with van der Waals surface area (Å²) in [5, 5.41) is 1.26. The number of pyridine rings is 2. The molecule has 0 aliphatic heterocycles. The smallest absolute Gasteiger partial charge is 0.212 e. The summed E-state index contributed by atoms with van der Waals surface area (Å²) in [7, 11) is 2.10. The monoisotopic (exact) mass is 235 g/mol. The molecule has 0 atom stereocenters. The van der Waals surface area contributed by atoms with Gasteiger partial charge < -0.3 is 0 Å². The maximum atomic E-state index is 4.05. The molecule has 0 aliphatic carbocycles. The molecular weight excluding hydrogens is 220 g/mol. The van der Waals surface area contributed by atoms with Crippen molar-refractivity contribution in [1.82, 2.24) is 4.98 Å². The van der Waals surface area contributed by atoms with Crippen LogP contribution in [0.4, 0.5) is 0 Å². The van der Waals surface area contributed by atoms with Crippen molar-refractivity contribution in [2.45, 2.75) is 6.92 Å². The van der Waals surface area contributed by atoms with Gasteiger partial charge in [0.2, 0.25) is 5.52 Å². The van der Waals surface area contributed by atoms with Gasteiger partial charge in [-0.25, -0.2) is 0 Å². The number of rotatable bonds is 1. The van der Waals surface area contributed by atoms with Crippen LogP contribution in [-0.2, 0) is 7.05 Å². The van der Waals surface area contributed by atoms with Gasteiger partial charge in [-0.15, -0.1) is 0 Å². The van der Waals surface area contributed by atoms with Crippen LogP contribution in [0.15, 0.2) is 54.9 Å². The topological polar surface area (TPSA) is 16.8 Å². The molecule has 2 aromatic heterocycles. The molecule has 0 spiro atoms. The second-order valence-corrected chi connectivity index (χ2v) is 4.54. The highest BCUT2D eigenvalue weighted by Crippen LogP contribution is 2.22. The van der Waals surface area contributed by atoms with Crippen LogP contribution in [0.25, 0.3) is 22.0 Å². The summed E-state index contributed by atoms with van der Waals surface area (Å²) in [5.74, 6) is 0. The number of benzene rings is 1. The minimum absolute atomic E-state index is 1.20.